The lowest BCUT2D eigenvalue weighted by Crippen LogP contribution is -2.40. The van der Waals surface area contributed by atoms with Gasteiger partial charge in [-0.1, -0.05) is 13.0 Å². The maximum absolute atomic E-state index is 13.2. The van der Waals surface area contributed by atoms with E-state index in [1.807, 2.05) is 19.1 Å². The molecule has 116 valence electrons. The van der Waals surface area contributed by atoms with Gasteiger partial charge >= 0.3 is 0 Å². The molecule has 2 unspecified atom stereocenters. The van der Waals surface area contributed by atoms with Crippen LogP contribution in [0.3, 0.4) is 0 Å². The van der Waals surface area contributed by atoms with Gasteiger partial charge in [0.1, 0.15) is 0 Å². The van der Waals surface area contributed by atoms with Crippen molar-refractivity contribution in [2.75, 3.05) is 11.9 Å². The SMILES string of the molecule is CCC1CCC(C)N1S(=O)(=O)c1cccc2c1CCCN2. The van der Waals surface area contributed by atoms with Crippen LogP contribution < -0.4 is 5.32 Å². The topological polar surface area (TPSA) is 49.4 Å². The maximum Gasteiger partial charge on any atom is 0.243 e. The highest BCUT2D eigenvalue weighted by Crippen LogP contribution is 2.36. The quantitative estimate of drug-likeness (QED) is 0.934. The molecule has 0 saturated carbocycles. The minimum absolute atomic E-state index is 0.104. The summed E-state index contributed by atoms with van der Waals surface area (Å²) in [6, 6.07) is 5.87. The predicted molar refractivity (Wildman–Crippen MR) is 85.1 cm³/mol. The van der Waals surface area contributed by atoms with Gasteiger partial charge in [-0.05, 0) is 56.7 Å². The van der Waals surface area contributed by atoms with Crippen LogP contribution >= 0.6 is 0 Å². The molecular weight excluding hydrogens is 284 g/mol. The number of hydrogen-bond donors (Lipinski definition) is 1. The van der Waals surface area contributed by atoms with Gasteiger partial charge in [-0.2, -0.15) is 4.31 Å². The molecule has 1 fully saturated rings. The summed E-state index contributed by atoms with van der Waals surface area (Å²) in [6.45, 7) is 5.03. The lowest BCUT2D eigenvalue weighted by molar-refractivity contribution is 0.328. The van der Waals surface area contributed by atoms with Crippen LogP contribution in [0.4, 0.5) is 5.69 Å². The predicted octanol–water partition coefficient (Wildman–Crippen LogP) is 3.00. The molecule has 2 heterocycles. The van der Waals surface area contributed by atoms with Crippen molar-refractivity contribution in [2.24, 2.45) is 0 Å². The maximum atomic E-state index is 13.2. The second kappa shape index (κ2) is 5.61. The van der Waals surface area contributed by atoms with E-state index >= 15 is 0 Å². The van der Waals surface area contributed by atoms with E-state index in [-0.39, 0.29) is 12.1 Å². The Morgan fingerprint density at radius 2 is 2.14 bits per heavy atom. The fourth-order valence-corrected chi connectivity index (χ4v) is 5.93. The number of nitrogens with zero attached hydrogens (tertiary/aromatic N) is 1. The van der Waals surface area contributed by atoms with E-state index in [1.165, 1.54) is 0 Å². The number of benzene rings is 1. The van der Waals surface area contributed by atoms with Crippen molar-refractivity contribution in [3.8, 4) is 0 Å². The molecule has 21 heavy (non-hydrogen) atoms. The average molecular weight is 308 g/mol. The van der Waals surface area contributed by atoms with Crippen molar-refractivity contribution in [2.45, 2.75) is 62.9 Å². The summed E-state index contributed by atoms with van der Waals surface area (Å²) < 4.78 is 28.1. The number of nitrogens with one attached hydrogen (secondary N) is 1. The molecule has 0 spiro atoms. The molecule has 2 atom stereocenters. The summed E-state index contributed by atoms with van der Waals surface area (Å²) in [5, 5.41) is 3.32. The largest absolute Gasteiger partial charge is 0.385 e. The Bertz CT molecular complexity index is 627. The summed E-state index contributed by atoms with van der Waals surface area (Å²) in [6.07, 6.45) is 4.66. The Balaban J connectivity index is 2.06. The summed E-state index contributed by atoms with van der Waals surface area (Å²) in [5.74, 6) is 0. The third-order valence-electron chi connectivity index (χ3n) is 4.79. The van der Waals surface area contributed by atoms with Crippen LogP contribution in [0.15, 0.2) is 23.1 Å². The van der Waals surface area contributed by atoms with E-state index in [9.17, 15) is 8.42 Å². The molecule has 1 aromatic carbocycles. The van der Waals surface area contributed by atoms with Gasteiger partial charge in [-0.3, -0.25) is 0 Å². The van der Waals surface area contributed by atoms with Gasteiger partial charge < -0.3 is 5.32 Å². The van der Waals surface area contributed by atoms with Crippen LogP contribution in [-0.2, 0) is 16.4 Å². The second-order valence-electron chi connectivity index (χ2n) is 6.14. The molecule has 5 heteroatoms. The van der Waals surface area contributed by atoms with Crippen LogP contribution in [-0.4, -0.2) is 31.4 Å². The third-order valence-corrected chi connectivity index (χ3v) is 6.94. The second-order valence-corrected chi connectivity index (χ2v) is 7.95. The Hall–Kier alpha value is -1.07. The summed E-state index contributed by atoms with van der Waals surface area (Å²) in [5.41, 5.74) is 1.96. The van der Waals surface area contributed by atoms with E-state index in [1.54, 1.807) is 10.4 Å². The monoisotopic (exact) mass is 308 g/mol. The van der Waals surface area contributed by atoms with Gasteiger partial charge in [-0.15, -0.1) is 0 Å². The zero-order valence-corrected chi connectivity index (χ0v) is 13.6. The summed E-state index contributed by atoms with van der Waals surface area (Å²) >= 11 is 0. The van der Waals surface area contributed by atoms with Crippen LogP contribution in [0.1, 0.15) is 45.1 Å². The number of anilines is 1. The van der Waals surface area contributed by atoms with E-state index in [4.69, 9.17) is 0 Å². The van der Waals surface area contributed by atoms with E-state index < -0.39 is 10.0 Å². The summed E-state index contributed by atoms with van der Waals surface area (Å²) in [4.78, 5) is 0.513. The van der Waals surface area contributed by atoms with Crippen LogP contribution in [0, 0.1) is 0 Å². The zero-order chi connectivity index (χ0) is 15.0. The van der Waals surface area contributed by atoms with Gasteiger partial charge in [0.25, 0.3) is 0 Å². The highest BCUT2D eigenvalue weighted by Gasteiger charge is 2.40. The van der Waals surface area contributed by atoms with Crippen LogP contribution in [0.5, 0.6) is 0 Å². The molecule has 3 rings (SSSR count). The Kier molecular flexibility index (Phi) is 3.97. The number of sulfonamides is 1. The van der Waals surface area contributed by atoms with Crippen molar-refractivity contribution in [1.29, 1.82) is 0 Å². The molecule has 0 aliphatic carbocycles. The van der Waals surface area contributed by atoms with Crippen molar-refractivity contribution < 1.29 is 8.42 Å². The Morgan fingerprint density at radius 1 is 1.33 bits per heavy atom. The van der Waals surface area contributed by atoms with E-state index in [0.717, 1.165) is 49.9 Å². The number of hydrogen-bond acceptors (Lipinski definition) is 3. The molecule has 1 saturated heterocycles. The Morgan fingerprint density at radius 3 is 2.90 bits per heavy atom. The first-order valence-corrected chi connectivity index (χ1v) is 9.39. The van der Waals surface area contributed by atoms with E-state index in [2.05, 4.69) is 12.2 Å². The minimum Gasteiger partial charge on any atom is -0.385 e. The standard InChI is InChI=1S/C16H24N2O2S/c1-3-13-10-9-12(2)18(13)21(19,20)16-8-4-7-15-14(16)6-5-11-17-15/h4,7-8,12-13,17H,3,5-6,9-11H2,1-2H3. The lowest BCUT2D eigenvalue weighted by Gasteiger charge is -2.29. The molecular formula is C16H24N2O2S. The molecule has 4 nitrogen and oxygen atoms in total. The molecule has 1 N–H and O–H groups in total. The molecule has 0 radical (unpaired) electrons. The Labute approximate surface area is 127 Å². The van der Waals surface area contributed by atoms with Crippen LogP contribution in [0.2, 0.25) is 0 Å². The molecule has 0 amide bonds. The first-order chi connectivity index (χ1) is 10.1. The van der Waals surface area contributed by atoms with Gasteiger partial charge in [-0.25, -0.2) is 8.42 Å². The normalized spacial score (nSPS) is 26.4. The van der Waals surface area contributed by atoms with Crippen molar-refractivity contribution in [3.63, 3.8) is 0 Å². The average Bonchev–Trinajstić information content (AvgIpc) is 2.88. The van der Waals surface area contributed by atoms with Gasteiger partial charge in [0.05, 0.1) is 4.90 Å². The molecule has 2 aliphatic rings. The minimum atomic E-state index is -3.40. The fourth-order valence-electron chi connectivity index (χ4n) is 3.70. The molecule has 0 aromatic heterocycles. The van der Waals surface area contributed by atoms with Gasteiger partial charge in [0.2, 0.25) is 10.0 Å². The van der Waals surface area contributed by atoms with Gasteiger partial charge in [0, 0.05) is 24.3 Å². The van der Waals surface area contributed by atoms with Gasteiger partial charge in [0.15, 0.2) is 0 Å². The third kappa shape index (κ3) is 2.46. The summed E-state index contributed by atoms with van der Waals surface area (Å²) in [7, 11) is -3.40. The molecule has 0 bridgehead atoms. The van der Waals surface area contributed by atoms with E-state index in [0.29, 0.717) is 4.90 Å². The number of fused-ring (bicyclic) bond motifs is 1. The zero-order valence-electron chi connectivity index (χ0n) is 12.8. The fraction of sp³-hybridized carbons (Fsp3) is 0.625. The number of rotatable bonds is 3. The lowest BCUT2D eigenvalue weighted by atomic mass is 10.0. The molecule has 2 aliphatic heterocycles. The van der Waals surface area contributed by atoms with Crippen molar-refractivity contribution in [1.82, 2.24) is 4.31 Å². The van der Waals surface area contributed by atoms with Crippen molar-refractivity contribution >= 4 is 15.7 Å². The first-order valence-electron chi connectivity index (χ1n) is 7.95. The smallest absolute Gasteiger partial charge is 0.243 e. The van der Waals surface area contributed by atoms with Crippen LogP contribution in [0.25, 0.3) is 0 Å². The highest BCUT2D eigenvalue weighted by molar-refractivity contribution is 7.89. The highest BCUT2D eigenvalue weighted by atomic mass is 32.2. The molecule has 1 aromatic rings. The first kappa shape index (κ1) is 14.9. The van der Waals surface area contributed by atoms with Crippen molar-refractivity contribution in [3.05, 3.63) is 23.8 Å².